The number of carboxylic acids is 1. The van der Waals surface area contributed by atoms with Crippen LogP contribution in [-0.4, -0.2) is 40.3 Å². The van der Waals surface area contributed by atoms with Gasteiger partial charge in [-0.3, -0.25) is 14.5 Å². The number of esters is 1. The normalized spacial score (nSPS) is 22.5. The number of carbonyl (C=O) groups is 2. The molecule has 0 bridgehead atoms. The molecule has 1 aromatic carbocycles. The number of carboxylic acid groups (broad SMARTS) is 1. The van der Waals surface area contributed by atoms with Crippen LogP contribution in [0.3, 0.4) is 0 Å². The molecule has 7 heteroatoms. The molecule has 27 heavy (non-hydrogen) atoms. The molecule has 0 unspecified atom stereocenters. The van der Waals surface area contributed by atoms with Crippen LogP contribution < -0.4 is 5.73 Å². The summed E-state index contributed by atoms with van der Waals surface area (Å²) >= 11 is 0. The van der Waals surface area contributed by atoms with E-state index in [0.717, 1.165) is 5.39 Å². The average molecular weight is 374 g/mol. The lowest BCUT2D eigenvalue weighted by Crippen LogP contribution is -2.52. The number of nitrogens with two attached hydrogens (primary N) is 1. The van der Waals surface area contributed by atoms with Crippen LogP contribution in [0.5, 0.6) is 0 Å². The third-order valence-electron chi connectivity index (χ3n) is 4.71. The molecule has 0 aliphatic carbocycles. The number of aliphatic carboxylic acids is 1. The summed E-state index contributed by atoms with van der Waals surface area (Å²) in [5.74, 6) is -1.30. The SMILES string of the molecule is CC(C)(C)OC(=O)[C@@H]1CCN([C@H](C(=O)O)c2cc3ccccc3o2)[C@H](N)C1. The Kier molecular flexibility index (Phi) is 5.26. The van der Waals surface area contributed by atoms with Crippen molar-refractivity contribution in [1.29, 1.82) is 0 Å². The Balaban J connectivity index is 1.78. The van der Waals surface area contributed by atoms with E-state index in [1.807, 2.05) is 39.0 Å². The number of hydrogen-bond donors (Lipinski definition) is 2. The van der Waals surface area contributed by atoms with Crippen molar-refractivity contribution in [2.75, 3.05) is 6.54 Å². The largest absolute Gasteiger partial charge is 0.480 e. The highest BCUT2D eigenvalue weighted by Crippen LogP contribution is 2.33. The first-order chi connectivity index (χ1) is 12.7. The number of ether oxygens (including phenoxy) is 1. The minimum absolute atomic E-state index is 0.284. The Bertz CT molecular complexity index is 805. The number of rotatable bonds is 4. The Morgan fingerprint density at radius 2 is 2.04 bits per heavy atom. The van der Waals surface area contributed by atoms with E-state index in [0.29, 0.717) is 30.7 Å². The molecule has 0 saturated carbocycles. The van der Waals surface area contributed by atoms with Crippen molar-refractivity contribution in [2.24, 2.45) is 11.7 Å². The van der Waals surface area contributed by atoms with Gasteiger partial charge >= 0.3 is 11.9 Å². The standard InChI is InChI=1S/C20H26N2O5/c1-20(2,3)27-19(25)13-8-9-22(16(21)11-13)17(18(23)24)15-10-12-6-4-5-7-14(12)26-15/h4-7,10,13,16-17H,8-9,11,21H2,1-3H3,(H,23,24)/t13-,16+,17+/m1/s1. The van der Waals surface area contributed by atoms with Crippen LogP contribution in [0.1, 0.15) is 45.4 Å². The van der Waals surface area contributed by atoms with Crippen molar-refractivity contribution < 1.29 is 23.8 Å². The van der Waals surface area contributed by atoms with E-state index in [4.69, 9.17) is 14.9 Å². The predicted molar refractivity (Wildman–Crippen MR) is 99.8 cm³/mol. The molecule has 3 atom stereocenters. The lowest BCUT2D eigenvalue weighted by Gasteiger charge is -2.39. The molecule has 3 N–H and O–H groups in total. The monoisotopic (exact) mass is 374 g/mol. The molecule has 1 aromatic heterocycles. The highest BCUT2D eigenvalue weighted by molar-refractivity contribution is 5.81. The summed E-state index contributed by atoms with van der Waals surface area (Å²) in [4.78, 5) is 26.0. The molecule has 7 nitrogen and oxygen atoms in total. The maximum atomic E-state index is 12.3. The minimum atomic E-state index is -1.03. The Morgan fingerprint density at radius 3 is 2.63 bits per heavy atom. The summed E-state index contributed by atoms with van der Waals surface area (Å²) < 4.78 is 11.2. The molecule has 2 heterocycles. The zero-order valence-electron chi connectivity index (χ0n) is 15.8. The van der Waals surface area contributed by atoms with Crippen LogP contribution in [0.4, 0.5) is 0 Å². The van der Waals surface area contributed by atoms with Gasteiger partial charge in [-0.1, -0.05) is 18.2 Å². The Labute approximate surface area is 158 Å². The zero-order valence-corrected chi connectivity index (χ0v) is 15.8. The second-order valence-corrected chi connectivity index (χ2v) is 7.99. The summed E-state index contributed by atoms with van der Waals surface area (Å²) in [5, 5.41) is 10.6. The fourth-order valence-electron chi connectivity index (χ4n) is 3.50. The van der Waals surface area contributed by atoms with Gasteiger partial charge in [0.15, 0.2) is 6.04 Å². The van der Waals surface area contributed by atoms with Gasteiger partial charge in [0.2, 0.25) is 0 Å². The van der Waals surface area contributed by atoms with Crippen molar-refractivity contribution in [3.8, 4) is 0 Å². The summed E-state index contributed by atoms with van der Waals surface area (Å²) in [6.07, 6.45) is 0.261. The second-order valence-electron chi connectivity index (χ2n) is 7.99. The third kappa shape index (κ3) is 4.31. The second kappa shape index (κ2) is 7.32. The zero-order chi connectivity index (χ0) is 19.8. The smallest absolute Gasteiger partial charge is 0.328 e. The summed E-state index contributed by atoms with van der Waals surface area (Å²) in [7, 11) is 0. The van der Waals surface area contributed by atoms with Crippen LogP contribution in [0.15, 0.2) is 34.7 Å². The van der Waals surface area contributed by atoms with Crippen LogP contribution in [-0.2, 0) is 14.3 Å². The molecule has 1 aliphatic rings. The van der Waals surface area contributed by atoms with E-state index in [1.165, 1.54) is 0 Å². The van der Waals surface area contributed by atoms with E-state index >= 15 is 0 Å². The van der Waals surface area contributed by atoms with Crippen LogP contribution in [0, 0.1) is 5.92 Å². The molecule has 1 saturated heterocycles. The van der Waals surface area contributed by atoms with Gasteiger partial charge in [0.05, 0.1) is 12.1 Å². The first-order valence-corrected chi connectivity index (χ1v) is 9.11. The van der Waals surface area contributed by atoms with Gasteiger partial charge in [0, 0.05) is 11.9 Å². The van der Waals surface area contributed by atoms with E-state index in [1.54, 1.807) is 17.0 Å². The lowest BCUT2D eigenvalue weighted by molar-refractivity contribution is -0.163. The molecule has 3 rings (SSSR count). The summed E-state index contributed by atoms with van der Waals surface area (Å²) in [6, 6.07) is 8.12. The minimum Gasteiger partial charge on any atom is -0.480 e. The molecular weight excluding hydrogens is 348 g/mol. The topological polar surface area (TPSA) is 106 Å². The number of carbonyl (C=O) groups excluding carboxylic acids is 1. The summed E-state index contributed by atoms with van der Waals surface area (Å²) in [6.45, 7) is 5.84. The van der Waals surface area contributed by atoms with E-state index < -0.39 is 23.8 Å². The fraction of sp³-hybridized carbons (Fsp3) is 0.500. The van der Waals surface area contributed by atoms with Crippen molar-refractivity contribution in [1.82, 2.24) is 4.90 Å². The molecule has 1 fully saturated rings. The maximum absolute atomic E-state index is 12.3. The van der Waals surface area contributed by atoms with Gasteiger partial charge in [-0.25, -0.2) is 0 Å². The van der Waals surface area contributed by atoms with Gasteiger partial charge in [-0.05, 0) is 45.7 Å². The number of para-hydroxylation sites is 1. The molecule has 2 aromatic rings. The number of benzene rings is 1. The van der Waals surface area contributed by atoms with Crippen molar-refractivity contribution >= 4 is 22.9 Å². The molecule has 0 radical (unpaired) electrons. The fourth-order valence-corrected chi connectivity index (χ4v) is 3.50. The Hall–Kier alpha value is -2.38. The highest BCUT2D eigenvalue weighted by atomic mass is 16.6. The highest BCUT2D eigenvalue weighted by Gasteiger charge is 2.40. The number of nitrogens with zero attached hydrogens (tertiary/aromatic N) is 1. The van der Waals surface area contributed by atoms with E-state index in [-0.39, 0.29) is 11.9 Å². The molecule has 146 valence electrons. The van der Waals surface area contributed by atoms with Gasteiger partial charge in [-0.2, -0.15) is 0 Å². The van der Waals surface area contributed by atoms with Gasteiger partial charge in [0.25, 0.3) is 0 Å². The lowest BCUT2D eigenvalue weighted by atomic mass is 9.92. The first kappa shape index (κ1) is 19.4. The molecule has 0 amide bonds. The molecular formula is C20H26N2O5. The quantitative estimate of drug-likeness (QED) is 0.793. The number of piperidine rings is 1. The Morgan fingerprint density at radius 1 is 1.33 bits per heavy atom. The van der Waals surface area contributed by atoms with Crippen molar-refractivity contribution in [3.63, 3.8) is 0 Å². The number of hydrogen-bond acceptors (Lipinski definition) is 6. The van der Waals surface area contributed by atoms with Crippen LogP contribution >= 0.6 is 0 Å². The van der Waals surface area contributed by atoms with Crippen molar-refractivity contribution in [2.45, 2.75) is 51.4 Å². The van der Waals surface area contributed by atoms with Gasteiger partial charge in [-0.15, -0.1) is 0 Å². The number of furan rings is 1. The van der Waals surface area contributed by atoms with Gasteiger partial charge in [0.1, 0.15) is 16.9 Å². The predicted octanol–water partition coefficient (Wildman–Crippen LogP) is 2.90. The van der Waals surface area contributed by atoms with E-state index in [9.17, 15) is 14.7 Å². The number of fused-ring (bicyclic) bond motifs is 1. The first-order valence-electron chi connectivity index (χ1n) is 9.11. The summed E-state index contributed by atoms with van der Waals surface area (Å²) in [5.41, 5.74) is 6.33. The maximum Gasteiger partial charge on any atom is 0.328 e. The van der Waals surface area contributed by atoms with Crippen molar-refractivity contribution in [3.05, 3.63) is 36.1 Å². The molecule has 0 spiro atoms. The molecule has 1 aliphatic heterocycles. The van der Waals surface area contributed by atoms with Gasteiger partial charge < -0.3 is 20.0 Å². The number of likely N-dealkylation sites (tertiary alicyclic amines) is 1. The average Bonchev–Trinajstić information content (AvgIpc) is 2.98. The van der Waals surface area contributed by atoms with Crippen LogP contribution in [0.25, 0.3) is 11.0 Å². The third-order valence-corrected chi connectivity index (χ3v) is 4.71. The van der Waals surface area contributed by atoms with Crippen LogP contribution in [0.2, 0.25) is 0 Å². The van der Waals surface area contributed by atoms with E-state index in [2.05, 4.69) is 0 Å².